The minimum absolute atomic E-state index is 0.0884. The molecule has 0 aliphatic heterocycles. The number of carbonyl (C=O) groups excluding carboxylic acids is 1. The lowest BCUT2D eigenvalue weighted by molar-refractivity contribution is 0.0518. The Morgan fingerprint density at radius 3 is 2.60 bits per heavy atom. The standard InChI is InChI=1S/C19H18N4O6S/c1-2-29-19(26)17-14(18(25)23(22-17)12-6-4-3-5-7-12)11-21-15-10-13(30(20,27)28)8-9-16(15)24/h3-11,22,24H,2H2,1H3,(H2,20,27,28). The molecule has 0 saturated carbocycles. The summed E-state index contributed by atoms with van der Waals surface area (Å²) in [4.78, 5) is 28.9. The van der Waals surface area contributed by atoms with Crippen molar-refractivity contribution in [2.75, 3.05) is 6.61 Å². The van der Waals surface area contributed by atoms with E-state index >= 15 is 0 Å². The van der Waals surface area contributed by atoms with Crippen LogP contribution in [0.4, 0.5) is 5.69 Å². The smallest absolute Gasteiger partial charge is 0.357 e. The fraction of sp³-hybridized carbons (Fsp3) is 0.105. The lowest BCUT2D eigenvalue weighted by atomic mass is 10.2. The Kier molecular flexibility index (Phi) is 5.85. The lowest BCUT2D eigenvalue weighted by Crippen LogP contribution is -2.17. The quantitative estimate of drug-likeness (QED) is 0.397. The number of sulfonamides is 1. The van der Waals surface area contributed by atoms with Crippen molar-refractivity contribution in [2.45, 2.75) is 11.8 Å². The van der Waals surface area contributed by atoms with E-state index in [0.29, 0.717) is 5.69 Å². The van der Waals surface area contributed by atoms with Crippen LogP contribution in [0.5, 0.6) is 5.75 Å². The van der Waals surface area contributed by atoms with Crippen LogP contribution >= 0.6 is 0 Å². The largest absolute Gasteiger partial charge is 0.506 e. The number of H-pyrrole nitrogens is 1. The Balaban J connectivity index is 2.13. The number of aromatic hydroxyl groups is 1. The maximum atomic E-state index is 12.9. The molecule has 0 atom stereocenters. The van der Waals surface area contributed by atoms with Gasteiger partial charge >= 0.3 is 5.97 Å². The van der Waals surface area contributed by atoms with Gasteiger partial charge in [-0.25, -0.2) is 23.0 Å². The fourth-order valence-corrected chi connectivity index (χ4v) is 3.14. The Bertz CT molecular complexity index is 1280. The number of aromatic amines is 1. The average Bonchev–Trinajstić information content (AvgIpc) is 3.04. The number of phenolic OH excluding ortho intramolecular Hbond substituents is 1. The number of phenols is 1. The highest BCUT2D eigenvalue weighted by Crippen LogP contribution is 2.28. The Hall–Kier alpha value is -3.70. The molecular formula is C19H18N4O6S. The zero-order valence-electron chi connectivity index (χ0n) is 15.8. The molecule has 2 aromatic carbocycles. The Morgan fingerprint density at radius 2 is 1.97 bits per heavy atom. The summed E-state index contributed by atoms with van der Waals surface area (Å²) in [5.41, 5.74) is -0.528. The van der Waals surface area contributed by atoms with Gasteiger partial charge in [0.15, 0.2) is 5.69 Å². The highest BCUT2D eigenvalue weighted by Gasteiger charge is 2.21. The first-order valence-electron chi connectivity index (χ1n) is 8.69. The van der Waals surface area contributed by atoms with E-state index in [-0.39, 0.29) is 34.2 Å². The van der Waals surface area contributed by atoms with Crippen LogP contribution in [-0.2, 0) is 14.8 Å². The van der Waals surface area contributed by atoms with Gasteiger partial charge in [0.1, 0.15) is 11.4 Å². The summed E-state index contributed by atoms with van der Waals surface area (Å²) < 4.78 is 29.2. The molecule has 0 saturated heterocycles. The number of nitrogens with two attached hydrogens (primary N) is 1. The fourth-order valence-electron chi connectivity index (χ4n) is 2.61. The van der Waals surface area contributed by atoms with Gasteiger partial charge in [0, 0.05) is 6.21 Å². The minimum atomic E-state index is -4.03. The van der Waals surface area contributed by atoms with Crippen LogP contribution in [0, 0.1) is 0 Å². The second-order valence-electron chi connectivity index (χ2n) is 6.05. The molecule has 0 bridgehead atoms. The Morgan fingerprint density at radius 1 is 1.27 bits per heavy atom. The van der Waals surface area contributed by atoms with Crippen LogP contribution in [0.1, 0.15) is 23.0 Å². The molecule has 30 heavy (non-hydrogen) atoms. The summed E-state index contributed by atoms with van der Waals surface area (Å²) in [6.07, 6.45) is 1.05. The molecule has 0 aliphatic rings. The number of nitrogens with zero attached hydrogens (tertiary/aromatic N) is 2. The number of hydrogen-bond donors (Lipinski definition) is 3. The van der Waals surface area contributed by atoms with Crippen LogP contribution in [0.2, 0.25) is 0 Å². The number of hydrogen-bond acceptors (Lipinski definition) is 7. The normalized spacial score (nSPS) is 11.7. The van der Waals surface area contributed by atoms with Crippen molar-refractivity contribution in [2.24, 2.45) is 10.1 Å². The molecule has 3 rings (SSSR count). The first-order chi connectivity index (χ1) is 14.2. The monoisotopic (exact) mass is 430 g/mol. The molecule has 10 nitrogen and oxygen atoms in total. The molecule has 1 aromatic heterocycles. The average molecular weight is 430 g/mol. The minimum Gasteiger partial charge on any atom is -0.506 e. The number of para-hydroxylation sites is 1. The number of carbonyl (C=O) groups is 1. The maximum absolute atomic E-state index is 12.9. The Labute approximate surface area is 171 Å². The van der Waals surface area contributed by atoms with Crippen LogP contribution < -0.4 is 10.7 Å². The van der Waals surface area contributed by atoms with E-state index in [1.807, 2.05) is 0 Å². The van der Waals surface area contributed by atoms with Crippen molar-refractivity contribution in [1.82, 2.24) is 9.78 Å². The van der Waals surface area contributed by atoms with Gasteiger partial charge < -0.3 is 9.84 Å². The van der Waals surface area contributed by atoms with Gasteiger partial charge in [0.25, 0.3) is 5.56 Å². The second kappa shape index (κ2) is 8.35. The van der Waals surface area contributed by atoms with Crippen LogP contribution in [0.25, 0.3) is 5.69 Å². The molecule has 11 heteroatoms. The SMILES string of the molecule is CCOC(=O)c1[nH]n(-c2ccccc2)c(=O)c1C=Nc1cc(S(N)(=O)=O)ccc1O. The van der Waals surface area contributed by atoms with E-state index in [2.05, 4.69) is 10.1 Å². The van der Waals surface area contributed by atoms with E-state index in [1.165, 1.54) is 0 Å². The highest BCUT2D eigenvalue weighted by molar-refractivity contribution is 7.89. The number of aliphatic imine (C=N–C) groups is 1. The molecule has 1 heterocycles. The third kappa shape index (κ3) is 4.31. The number of esters is 1. The molecule has 0 aliphatic carbocycles. The van der Waals surface area contributed by atoms with Gasteiger partial charge in [0.05, 0.1) is 22.8 Å². The van der Waals surface area contributed by atoms with E-state index in [0.717, 1.165) is 29.1 Å². The van der Waals surface area contributed by atoms with Crippen LogP contribution in [-0.4, -0.2) is 42.1 Å². The number of benzene rings is 2. The molecule has 0 amide bonds. The molecule has 156 valence electrons. The molecule has 0 radical (unpaired) electrons. The molecule has 0 spiro atoms. The molecular weight excluding hydrogens is 412 g/mol. The third-order valence-electron chi connectivity index (χ3n) is 4.03. The van der Waals surface area contributed by atoms with Crippen LogP contribution in [0.15, 0.2) is 63.2 Å². The van der Waals surface area contributed by atoms with E-state index in [9.17, 15) is 23.1 Å². The first-order valence-corrected chi connectivity index (χ1v) is 10.2. The number of aromatic nitrogens is 2. The van der Waals surface area contributed by atoms with Gasteiger partial charge in [-0.15, -0.1) is 0 Å². The van der Waals surface area contributed by atoms with Crippen molar-refractivity contribution >= 4 is 27.9 Å². The molecule has 0 fully saturated rings. The van der Waals surface area contributed by atoms with Gasteiger partial charge in [-0.3, -0.25) is 14.9 Å². The summed E-state index contributed by atoms with van der Waals surface area (Å²) >= 11 is 0. The summed E-state index contributed by atoms with van der Waals surface area (Å²) in [6, 6.07) is 11.8. The molecule has 3 aromatic rings. The van der Waals surface area contributed by atoms with Crippen molar-refractivity contribution < 1.29 is 23.1 Å². The molecule has 4 N–H and O–H groups in total. The highest BCUT2D eigenvalue weighted by atomic mass is 32.2. The van der Waals surface area contributed by atoms with Gasteiger partial charge in [-0.1, -0.05) is 18.2 Å². The summed E-state index contributed by atoms with van der Waals surface area (Å²) in [5.74, 6) is -1.11. The topological polar surface area (TPSA) is 157 Å². The predicted molar refractivity (Wildman–Crippen MR) is 109 cm³/mol. The number of ether oxygens (including phenoxy) is 1. The third-order valence-corrected chi connectivity index (χ3v) is 4.94. The van der Waals surface area contributed by atoms with Gasteiger partial charge in [-0.2, -0.15) is 0 Å². The van der Waals surface area contributed by atoms with E-state index < -0.39 is 21.6 Å². The zero-order valence-corrected chi connectivity index (χ0v) is 16.6. The first kappa shape index (κ1) is 21.0. The van der Waals surface area contributed by atoms with E-state index in [1.54, 1.807) is 37.3 Å². The molecule has 0 unspecified atom stereocenters. The number of nitrogens with one attached hydrogen (secondary N) is 1. The predicted octanol–water partition coefficient (Wildman–Crippen LogP) is 1.45. The number of primary sulfonamides is 1. The second-order valence-corrected chi connectivity index (χ2v) is 7.61. The van der Waals surface area contributed by atoms with Crippen molar-refractivity contribution in [3.63, 3.8) is 0 Å². The summed E-state index contributed by atoms with van der Waals surface area (Å²) in [5, 5.41) is 17.8. The van der Waals surface area contributed by atoms with Crippen molar-refractivity contribution in [3.8, 4) is 11.4 Å². The maximum Gasteiger partial charge on any atom is 0.357 e. The number of rotatable bonds is 6. The van der Waals surface area contributed by atoms with Gasteiger partial charge in [0.2, 0.25) is 10.0 Å². The van der Waals surface area contributed by atoms with Gasteiger partial charge in [-0.05, 0) is 37.3 Å². The van der Waals surface area contributed by atoms with Crippen molar-refractivity contribution in [3.05, 3.63) is 70.1 Å². The lowest BCUT2D eigenvalue weighted by Gasteiger charge is -2.02. The van der Waals surface area contributed by atoms with Crippen LogP contribution in [0.3, 0.4) is 0 Å². The zero-order chi connectivity index (χ0) is 21.9. The van der Waals surface area contributed by atoms with Crippen molar-refractivity contribution in [1.29, 1.82) is 0 Å². The summed E-state index contributed by atoms with van der Waals surface area (Å²) in [6.45, 7) is 1.71. The van der Waals surface area contributed by atoms with E-state index in [4.69, 9.17) is 9.88 Å². The summed E-state index contributed by atoms with van der Waals surface area (Å²) in [7, 11) is -4.03.